The van der Waals surface area contributed by atoms with Crippen molar-refractivity contribution in [3.63, 3.8) is 0 Å². The third-order valence-corrected chi connectivity index (χ3v) is 4.37. The highest BCUT2D eigenvalue weighted by atomic mass is 19.3. The van der Waals surface area contributed by atoms with Crippen LogP contribution in [0.5, 0.6) is 5.75 Å². The lowest BCUT2D eigenvalue weighted by molar-refractivity contribution is -0.116. The summed E-state index contributed by atoms with van der Waals surface area (Å²) in [5.74, 6) is 0.419. The first kappa shape index (κ1) is 17.8. The van der Waals surface area contributed by atoms with Crippen LogP contribution in [0.1, 0.15) is 5.82 Å². The third-order valence-electron chi connectivity index (χ3n) is 4.37. The average molecular weight is 382 g/mol. The van der Waals surface area contributed by atoms with Gasteiger partial charge in [0.1, 0.15) is 17.9 Å². The molecule has 0 saturated heterocycles. The highest BCUT2D eigenvalue weighted by molar-refractivity contribution is 6.03. The van der Waals surface area contributed by atoms with Crippen LogP contribution in [0.25, 0.3) is 21.9 Å². The van der Waals surface area contributed by atoms with E-state index >= 15 is 0 Å². The number of pyridine rings is 1. The minimum atomic E-state index is -2.96. The Kier molecular flexibility index (Phi) is 4.60. The molecule has 0 aliphatic rings. The molecule has 8 heteroatoms. The number of carbonyl (C=O) groups excluding carboxylic acids is 1. The van der Waals surface area contributed by atoms with Gasteiger partial charge in [-0.15, -0.1) is 0 Å². The van der Waals surface area contributed by atoms with Crippen molar-refractivity contribution in [2.45, 2.75) is 20.1 Å². The Morgan fingerprint density at radius 2 is 2.00 bits per heavy atom. The van der Waals surface area contributed by atoms with Crippen molar-refractivity contribution in [3.8, 4) is 5.75 Å². The molecule has 0 bridgehead atoms. The lowest BCUT2D eigenvalue weighted by Crippen LogP contribution is -2.19. The zero-order valence-corrected chi connectivity index (χ0v) is 14.9. The van der Waals surface area contributed by atoms with E-state index < -0.39 is 6.61 Å². The molecule has 4 rings (SSSR count). The molecule has 28 heavy (non-hydrogen) atoms. The molecule has 2 aromatic carbocycles. The molecule has 1 amide bonds. The highest BCUT2D eigenvalue weighted by Crippen LogP contribution is 2.31. The fourth-order valence-electron chi connectivity index (χ4n) is 3.18. The normalized spacial score (nSPS) is 11.3. The number of carbonyl (C=O) groups is 1. The number of benzene rings is 2. The zero-order chi connectivity index (χ0) is 19.7. The fraction of sp³-hybridized carbons (Fsp3) is 0.150. The number of nitrogens with one attached hydrogen (secondary N) is 1. The molecular formula is C20H16F2N4O2. The summed E-state index contributed by atoms with van der Waals surface area (Å²) in [7, 11) is 0. The minimum absolute atomic E-state index is 0.0416. The summed E-state index contributed by atoms with van der Waals surface area (Å²) in [6, 6.07) is 13.8. The number of fused-ring (bicyclic) bond motifs is 2. The molecule has 0 spiro atoms. The molecule has 0 unspecified atom stereocenters. The van der Waals surface area contributed by atoms with Crippen LogP contribution in [-0.4, -0.2) is 27.1 Å². The van der Waals surface area contributed by atoms with Crippen LogP contribution in [0.15, 0.2) is 54.7 Å². The Balaban J connectivity index is 1.63. The number of rotatable bonds is 5. The molecule has 142 valence electrons. The van der Waals surface area contributed by atoms with Gasteiger partial charge < -0.3 is 14.6 Å². The fourth-order valence-corrected chi connectivity index (χ4v) is 3.18. The molecule has 4 aromatic rings. The standard InChI is InChI=1S/C20H16F2N4O2/c1-12-24-15-6-2-3-7-16(15)26(12)11-18(27)25-14-8-9-17(28-20(21)22)19-13(14)5-4-10-23-19/h2-10,20H,11H2,1H3,(H,25,27). The largest absolute Gasteiger partial charge is 0.432 e. The van der Waals surface area contributed by atoms with Gasteiger partial charge in [0, 0.05) is 11.6 Å². The van der Waals surface area contributed by atoms with Crippen molar-refractivity contribution in [1.29, 1.82) is 0 Å². The van der Waals surface area contributed by atoms with Gasteiger partial charge in [-0.3, -0.25) is 9.78 Å². The van der Waals surface area contributed by atoms with Crippen molar-refractivity contribution in [2.24, 2.45) is 0 Å². The maximum Gasteiger partial charge on any atom is 0.387 e. The molecule has 0 saturated carbocycles. The number of hydrogen-bond acceptors (Lipinski definition) is 4. The van der Waals surface area contributed by atoms with Crippen LogP contribution in [0, 0.1) is 6.92 Å². The first-order valence-corrected chi connectivity index (χ1v) is 8.57. The number of anilines is 1. The van der Waals surface area contributed by atoms with Crippen LogP contribution in [0.2, 0.25) is 0 Å². The Labute approximate surface area is 158 Å². The number of halogens is 2. The molecule has 0 aliphatic carbocycles. The second-order valence-electron chi connectivity index (χ2n) is 6.17. The number of nitrogens with zero attached hydrogens (tertiary/aromatic N) is 3. The maximum atomic E-state index is 12.7. The van der Waals surface area contributed by atoms with Crippen molar-refractivity contribution in [1.82, 2.24) is 14.5 Å². The molecule has 2 aromatic heterocycles. The number of aromatic nitrogens is 3. The summed E-state index contributed by atoms with van der Waals surface area (Å²) in [5.41, 5.74) is 2.40. The number of hydrogen-bond donors (Lipinski definition) is 1. The van der Waals surface area contributed by atoms with Gasteiger partial charge in [0.05, 0.1) is 16.7 Å². The number of aryl methyl sites for hydroxylation is 1. The smallest absolute Gasteiger partial charge is 0.387 e. The van der Waals surface area contributed by atoms with Crippen molar-refractivity contribution in [3.05, 3.63) is 60.6 Å². The maximum absolute atomic E-state index is 12.7. The molecular weight excluding hydrogens is 366 g/mol. The van der Waals surface area contributed by atoms with Crippen LogP contribution in [0.3, 0.4) is 0 Å². The Hall–Kier alpha value is -3.55. The number of imidazole rings is 1. The topological polar surface area (TPSA) is 69.0 Å². The quantitative estimate of drug-likeness (QED) is 0.563. The van der Waals surface area contributed by atoms with Gasteiger partial charge >= 0.3 is 6.61 Å². The minimum Gasteiger partial charge on any atom is -0.432 e. The van der Waals surface area contributed by atoms with E-state index in [1.165, 1.54) is 18.3 Å². The average Bonchev–Trinajstić information content (AvgIpc) is 2.99. The van der Waals surface area contributed by atoms with E-state index in [1.54, 1.807) is 12.1 Å². The molecule has 0 aliphatic heterocycles. The predicted octanol–water partition coefficient (Wildman–Crippen LogP) is 4.13. The van der Waals surface area contributed by atoms with Gasteiger partial charge in [-0.1, -0.05) is 12.1 Å². The molecule has 2 heterocycles. The monoisotopic (exact) mass is 382 g/mol. The number of para-hydroxylation sites is 2. The van der Waals surface area contributed by atoms with Gasteiger partial charge in [0.15, 0.2) is 5.75 Å². The summed E-state index contributed by atoms with van der Waals surface area (Å²) >= 11 is 0. The molecule has 1 N–H and O–H groups in total. The SMILES string of the molecule is Cc1nc2ccccc2n1CC(=O)Nc1ccc(OC(F)F)c2ncccc12. The first-order valence-electron chi connectivity index (χ1n) is 8.57. The second kappa shape index (κ2) is 7.22. The molecule has 0 radical (unpaired) electrons. The summed E-state index contributed by atoms with van der Waals surface area (Å²) in [4.78, 5) is 21.2. The van der Waals surface area contributed by atoms with Gasteiger partial charge in [0.25, 0.3) is 0 Å². The van der Waals surface area contributed by atoms with Crippen molar-refractivity contribution >= 4 is 33.5 Å². The summed E-state index contributed by atoms with van der Waals surface area (Å²) < 4.78 is 31.6. The lowest BCUT2D eigenvalue weighted by atomic mass is 10.1. The summed E-state index contributed by atoms with van der Waals surface area (Å²) in [6.45, 7) is -1.05. The van der Waals surface area contributed by atoms with E-state index in [0.717, 1.165) is 16.9 Å². The van der Waals surface area contributed by atoms with Crippen LogP contribution >= 0.6 is 0 Å². The van der Waals surface area contributed by atoms with Crippen LogP contribution < -0.4 is 10.1 Å². The first-order chi connectivity index (χ1) is 13.5. The van der Waals surface area contributed by atoms with E-state index in [4.69, 9.17) is 0 Å². The number of ether oxygens (including phenoxy) is 1. The van der Waals surface area contributed by atoms with Gasteiger partial charge in [-0.05, 0) is 43.3 Å². The summed E-state index contributed by atoms with van der Waals surface area (Å²) in [6.07, 6.45) is 1.48. The Morgan fingerprint density at radius 1 is 1.18 bits per heavy atom. The summed E-state index contributed by atoms with van der Waals surface area (Å²) in [5, 5.41) is 3.34. The molecule has 6 nitrogen and oxygen atoms in total. The van der Waals surface area contributed by atoms with Crippen LogP contribution in [0.4, 0.5) is 14.5 Å². The third kappa shape index (κ3) is 3.36. The Bertz CT molecular complexity index is 1170. The van der Waals surface area contributed by atoms with Gasteiger partial charge in [-0.25, -0.2) is 4.98 Å². The van der Waals surface area contributed by atoms with E-state index in [9.17, 15) is 13.6 Å². The van der Waals surface area contributed by atoms with Crippen LogP contribution in [-0.2, 0) is 11.3 Å². The highest BCUT2D eigenvalue weighted by Gasteiger charge is 2.15. The van der Waals surface area contributed by atoms with Gasteiger partial charge in [-0.2, -0.15) is 8.78 Å². The van der Waals surface area contributed by atoms with E-state index in [0.29, 0.717) is 11.1 Å². The van der Waals surface area contributed by atoms with E-state index in [2.05, 4.69) is 20.0 Å². The lowest BCUT2D eigenvalue weighted by Gasteiger charge is -2.13. The van der Waals surface area contributed by atoms with Crippen molar-refractivity contribution < 1.29 is 18.3 Å². The second-order valence-corrected chi connectivity index (χ2v) is 6.17. The Morgan fingerprint density at radius 3 is 2.82 bits per heavy atom. The predicted molar refractivity (Wildman–Crippen MR) is 101 cm³/mol. The van der Waals surface area contributed by atoms with E-state index in [1.807, 2.05) is 35.8 Å². The number of amides is 1. The van der Waals surface area contributed by atoms with E-state index in [-0.39, 0.29) is 23.7 Å². The van der Waals surface area contributed by atoms with Crippen molar-refractivity contribution in [2.75, 3.05) is 5.32 Å². The molecule has 0 atom stereocenters. The van der Waals surface area contributed by atoms with Gasteiger partial charge in [0.2, 0.25) is 5.91 Å². The molecule has 0 fully saturated rings. The zero-order valence-electron chi connectivity index (χ0n) is 14.9. The number of alkyl halides is 2.